The summed E-state index contributed by atoms with van der Waals surface area (Å²) < 4.78 is 11.6. The van der Waals surface area contributed by atoms with E-state index in [1.54, 1.807) is 0 Å². The van der Waals surface area contributed by atoms with Crippen molar-refractivity contribution in [3.63, 3.8) is 0 Å². The topological polar surface area (TPSA) is 35.5 Å². The minimum Gasteiger partial charge on any atom is -0.457 e. The lowest BCUT2D eigenvalue weighted by Gasteiger charge is -2.44. The summed E-state index contributed by atoms with van der Waals surface area (Å²) in [6.45, 7) is 10.5. The monoisotopic (exact) mass is 242 g/mol. The fourth-order valence-corrected chi connectivity index (χ4v) is 5.73. The minimum atomic E-state index is -1.96. The largest absolute Gasteiger partial charge is 0.457 e. The maximum absolute atomic E-state index is 11.4. The quantitative estimate of drug-likeness (QED) is 0.432. The minimum absolute atomic E-state index is 0.341. The van der Waals surface area contributed by atoms with E-state index >= 15 is 0 Å². The Balaban J connectivity index is 2.84. The normalized spacial score (nSPS) is 29.2. The van der Waals surface area contributed by atoms with Crippen LogP contribution in [0.4, 0.5) is 0 Å². The molecule has 1 rings (SSSR count). The Morgan fingerprint density at radius 2 is 2.31 bits per heavy atom. The summed E-state index contributed by atoms with van der Waals surface area (Å²) in [5.74, 6) is -0.341. The van der Waals surface area contributed by atoms with Crippen molar-refractivity contribution in [1.29, 1.82) is 0 Å². The first-order chi connectivity index (χ1) is 7.47. The van der Waals surface area contributed by atoms with Crippen LogP contribution in [0.2, 0.25) is 12.6 Å². The second-order valence-electron chi connectivity index (χ2n) is 4.75. The van der Waals surface area contributed by atoms with Crippen LogP contribution in [0.1, 0.15) is 33.1 Å². The van der Waals surface area contributed by atoms with E-state index in [-0.39, 0.29) is 5.97 Å². The molecule has 3 nitrogen and oxygen atoms in total. The van der Waals surface area contributed by atoms with Gasteiger partial charge in [-0.15, -0.1) is 0 Å². The molecule has 2 atom stereocenters. The summed E-state index contributed by atoms with van der Waals surface area (Å²) in [7, 11) is -1.96. The van der Waals surface area contributed by atoms with Gasteiger partial charge in [0.2, 0.25) is 8.32 Å². The third-order valence-corrected chi connectivity index (χ3v) is 8.60. The van der Waals surface area contributed by atoms with Crippen LogP contribution >= 0.6 is 0 Å². The Morgan fingerprint density at radius 1 is 1.62 bits per heavy atom. The summed E-state index contributed by atoms with van der Waals surface area (Å²) in [6.07, 6.45) is 4.34. The number of hydrogen-bond donors (Lipinski definition) is 0. The number of carbonyl (C=O) groups excluding carboxylic acids is 1. The van der Waals surface area contributed by atoms with Gasteiger partial charge in [-0.3, -0.25) is 0 Å². The van der Waals surface area contributed by atoms with Gasteiger partial charge in [0.05, 0.1) is 0 Å². The van der Waals surface area contributed by atoms with Crippen LogP contribution in [0.5, 0.6) is 0 Å². The number of rotatable bonds is 4. The molecule has 0 N–H and O–H groups in total. The molecule has 0 spiro atoms. The van der Waals surface area contributed by atoms with Crippen molar-refractivity contribution >= 4 is 14.3 Å². The molecule has 2 unspecified atom stereocenters. The summed E-state index contributed by atoms with van der Waals surface area (Å²) >= 11 is 0. The van der Waals surface area contributed by atoms with E-state index in [0.29, 0.717) is 0 Å². The van der Waals surface area contributed by atoms with Crippen molar-refractivity contribution in [2.24, 2.45) is 0 Å². The van der Waals surface area contributed by atoms with Crippen LogP contribution in [0.15, 0.2) is 12.7 Å². The molecule has 0 aromatic carbocycles. The zero-order valence-electron chi connectivity index (χ0n) is 10.5. The van der Waals surface area contributed by atoms with Crippen molar-refractivity contribution in [2.75, 3.05) is 6.61 Å². The molecule has 0 aromatic rings. The molecular formula is C12H22O3Si. The SMILES string of the molecule is C=CC(=O)OC(C)(CC)[Si]1(C)CCCCO1. The van der Waals surface area contributed by atoms with Gasteiger partial charge in [0.15, 0.2) is 0 Å². The zero-order valence-corrected chi connectivity index (χ0v) is 11.5. The lowest BCUT2D eigenvalue weighted by molar-refractivity contribution is -0.147. The number of ether oxygens (including phenoxy) is 1. The van der Waals surface area contributed by atoms with Crippen molar-refractivity contribution < 1.29 is 14.0 Å². The van der Waals surface area contributed by atoms with Crippen molar-refractivity contribution in [3.05, 3.63) is 12.7 Å². The first-order valence-electron chi connectivity index (χ1n) is 5.97. The van der Waals surface area contributed by atoms with E-state index in [0.717, 1.165) is 25.5 Å². The number of hydrogen-bond acceptors (Lipinski definition) is 3. The average Bonchev–Trinajstić information content (AvgIpc) is 2.29. The van der Waals surface area contributed by atoms with Crippen molar-refractivity contribution in [2.45, 2.75) is 50.9 Å². The van der Waals surface area contributed by atoms with Crippen LogP contribution in [-0.2, 0) is 14.0 Å². The van der Waals surface area contributed by atoms with Gasteiger partial charge in [0.25, 0.3) is 0 Å². The highest BCUT2D eigenvalue weighted by Gasteiger charge is 2.51. The van der Waals surface area contributed by atoms with Crippen LogP contribution in [0, 0.1) is 0 Å². The predicted octanol–water partition coefficient (Wildman–Crippen LogP) is 2.81. The average molecular weight is 242 g/mol. The Morgan fingerprint density at radius 3 is 2.75 bits per heavy atom. The number of carbonyl (C=O) groups is 1. The predicted molar refractivity (Wildman–Crippen MR) is 66.6 cm³/mol. The zero-order chi connectivity index (χ0) is 12.2. The molecule has 4 heteroatoms. The first kappa shape index (κ1) is 13.5. The Labute approximate surface area is 99.0 Å². The molecule has 0 aliphatic carbocycles. The molecule has 0 aromatic heterocycles. The molecule has 0 saturated carbocycles. The van der Waals surface area contributed by atoms with E-state index < -0.39 is 13.5 Å². The molecule has 1 saturated heterocycles. The maximum Gasteiger partial charge on any atom is 0.330 e. The van der Waals surface area contributed by atoms with E-state index in [9.17, 15) is 4.79 Å². The van der Waals surface area contributed by atoms with Crippen LogP contribution in [0.25, 0.3) is 0 Å². The molecule has 92 valence electrons. The molecule has 1 aliphatic heterocycles. The third kappa shape index (κ3) is 2.55. The van der Waals surface area contributed by atoms with E-state index in [2.05, 4.69) is 13.1 Å². The summed E-state index contributed by atoms with van der Waals surface area (Å²) in [5.41, 5.74) is 0. The highest BCUT2D eigenvalue weighted by atomic mass is 28.4. The van der Waals surface area contributed by atoms with Crippen molar-refractivity contribution in [1.82, 2.24) is 0 Å². The highest BCUT2D eigenvalue weighted by molar-refractivity contribution is 6.75. The molecule has 1 aliphatic rings. The fourth-order valence-electron chi connectivity index (χ4n) is 2.17. The van der Waals surface area contributed by atoms with Gasteiger partial charge in [0, 0.05) is 12.7 Å². The van der Waals surface area contributed by atoms with E-state index in [1.165, 1.54) is 12.5 Å². The molecule has 16 heavy (non-hydrogen) atoms. The summed E-state index contributed by atoms with van der Waals surface area (Å²) in [4.78, 5) is 11.4. The lowest BCUT2D eigenvalue weighted by Crippen LogP contribution is -2.60. The summed E-state index contributed by atoms with van der Waals surface area (Å²) in [5, 5.41) is -0.432. The molecule has 0 radical (unpaired) electrons. The highest BCUT2D eigenvalue weighted by Crippen LogP contribution is 2.36. The molecule has 1 fully saturated rings. The second kappa shape index (κ2) is 5.14. The Bertz CT molecular complexity index is 271. The van der Waals surface area contributed by atoms with Crippen molar-refractivity contribution in [3.8, 4) is 0 Å². The molecular weight excluding hydrogens is 220 g/mol. The lowest BCUT2D eigenvalue weighted by atomic mass is 10.3. The number of esters is 1. The van der Waals surface area contributed by atoms with Gasteiger partial charge in [-0.25, -0.2) is 4.79 Å². The molecule has 0 bridgehead atoms. The van der Waals surface area contributed by atoms with Crippen LogP contribution in [0.3, 0.4) is 0 Å². The van der Waals surface area contributed by atoms with Gasteiger partial charge in [-0.1, -0.05) is 19.9 Å². The Kier molecular flexibility index (Phi) is 4.33. The smallest absolute Gasteiger partial charge is 0.330 e. The van der Waals surface area contributed by atoms with Gasteiger partial charge in [-0.2, -0.15) is 0 Å². The van der Waals surface area contributed by atoms with Gasteiger partial charge >= 0.3 is 5.97 Å². The van der Waals surface area contributed by atoms with Gasteiger partial charge < -0.3 is 9.16 Å². The van der Waals surface area contributed by atoms with Gasteiger partial charge in [-0.05, 0) is 32.4 Å². The Hall–Kier alpha value is -0.613. The second-order valence-corrected chi connectivity index (χ2v) is 9.05. The van der Waals surface area contributed by atoms with E-state index in [1.807, 2.05) is 13.8 Å². The molecule has 1 heterocycles. The fraction of sp³-hybridized carbons (Fsp3) is 0.750. The van der Waals surface area contributed by atoms with Crippen LogP contribution in [-0.4, -0.2) is 26.1 Å². The molecule has 0 amide bonds. The third-order valence-electron chi connectivity index (χ3n) is 3.75. The van der Waals surface area contributed by atoms with E-state index in [4.69, 9.17) is 9.16 Å². The van der Waals surface area contributed by atoms with Crippen LogP contribution < -0.4 is 0 Å². The summed E-state index contributed by atoms with van der Waals surface area (Å²) in [6, 6.07) is 1.07. The maximum atomic E-state index is 11.4. The first-order valence-corrected chi connectivity index (χ1v) is 8.58. The standard InChI is InChI=1S/C12H22O3Si/c1-5-11(13)15-12(3,6-2)16(4)10-8-7-9-14-16/h5H,1,6-10H2,2-4H3. The van der Waals surface area contributed by atoms with Gasteiger partial charge in [0.1, 0.15) is 5.22 Å².